The highest BCUT2D eigenvalue weighted by Crippen LogP contribution is 2.41. The first kappa shape index (κ1) is 26.1. The monoisotopic (exact) mass is 567 g/mol. The number of carbonyl (C=O) groups is 2. The fourth-order valence-corrected chi connectivity index (χ4v) is 6.83. The van der Waals surface area contributed by atoms with Gasteiger partial charge < -0.3 is 4.90 Å². The second-order valence-electron chi connectivity index (χ2n) is 12.0. The number of nitrogens with zero attached hydrogens (tertiary/aromatic N) is 1. The van der Waals surface area contributed by atoms with Crippen LogP contribution in [0.3, 0.4) is 0 Å². The average molecular weight is 568 g/mol. The Kier molecular flexibility index (Phi) is 5.95. The molecule has 0 amide bonds. The van der Waals surface area contributed by atoms with Crippen molar-refractivity contribution in [3.63, 3.8) is 0 Å². The van der Waals surface area contributed by atoms with Gasteiger partial charge in [0.25, 0.3) is 0 Å². The molecular weight excluding hydrogens is 538 g/mol. The van der Waals surface area contributed by atoms with Gasteiger partial charge in [0.1, 0.15) is 0 Å². The van der Waals surface area contributed by atoms with Crippen LogP contribution >= 0.6 is 0 Å². The minimum absolute atomic E-state index is 0.201. The summed E-state index contributed by atoms with van der Waals surface area (Å²) >= 11 is 0. The molecule has 2 aliphatic carbocycles. The Balaban J connectivity index is 1.19. The van der Waals surface area contributed by atoms with Crippen molar-refractivity contribution in [3.05, 3.63) is 167 Å². The molecule has 8 rings (SSSR count). The van der Waals surface area contributed by atoms with Crippen molar-refractivity contribution in [3.8, 4) is 0 Å². The highest BCUT2D eigenvalue weighted by Gasteiger charge is 2.35. The number of Topliss-reactive ketones (excluding diaryl/α,β-unsaturated/α-hetero) is 2. The first-order valence-corrected chi connectivity index (χ1v) is 15.0. The van der Waals surface area contributed by atoms with Gasteiger partial charge in [-0.25, -0.2) is 0 Å². The number of fused-ring (bicyclic) bond motifs is 4. The van der Waals surface area contributed by atoms with E-state index in [-0.39, 0.29) is 22.7 Å². The molecule has 0 spiro atoms. The zero-order chi connectivity index (χ0) is 29.8. The van der Waals surface area contributed by atoms with Crippen molar-refractivity contribution in [1.82, 2.24) is 0 Å². The van der Waals surface area contributed by atoms with E-state index in [9.17, 15) is 9.59 Å². The van der Waals surface area contributed by atoms with Crippen molar-refractivity contribution >= 4 is 56.6 Å². The molecule has 44 heavy (non-hydrogen) atoms. The summed E-state index contributed by atoms with van der Waals surface area (Å²) in [7, 11) is 0. The van der Waals surface area contributed by atoms with Crippen LogP contribution in [-0.2, 0) is 6.42 Å². The summed E-state index contributed by atoms with van der Waals surface area (Å²) in [5.74, 6) is -0.402. The third-order valence-electron chi connectivity index (χ3n) is 9.05. The van der Waals surface area contributed by atoms with Crippen molar-refractivity contribution in [2.24, 2.45) is 0 Å². The molecule has 210 valence electrons. The van der Waals surface area contributed by atoms with Gasteiger partial charge in [-0.2, -0.15) is 0 Å². The van der Waals surface area contributed by atoms with E-state index in [0.29, 0.717) is 11.1 Å². The number of ketones is 2. The van der Waals surface area contributed by atoms with Gasteiger partial charge in [0.15, 0.2) is 11.6 Å². The third-order valence-corrected chi connectivity index (χ3v) is 9.05. The lowest BCUT2D eigenvalue weighted by atomic mass is 9.82. The Labute approximate surface area is 256 Å². The molecule has 1 unspecified atom stereocenters. The number of anilines is 2. The van der Waals surface area contributed by atoms with Crippen LogP contribution in [0.15, 0.2) is 139 Å². The Morgan fingerprint density at radius 3 is 1.75 bits per heavy atom. The van der Waals surface area contributed by atoms with Gasteiger partial charge in [0, 0.05) is 22.5 Å². The van der Waals surface area contributed by atoms with Crippen molar-refractivity contribution in [2.75, 3.05) is 4.90 Å². The zero-order valence-corrected chi connectivity index (χ0v) is 24.3. The molecule has 0 N–H and O–H groups in total. The quantitative estimate of drug-likeness (QED) is 0.157. The van der Waals surface area contributed by atoms with Gasteiger partial charge in [-0.15, -0.1) is 0 Å². The standard InChI is InChI=1S/C41H29NO2/c1-41(21-20-32-22-27(14-15-33(32)26-41)23-38-39(43)36-12-6-7-13-37(36)40(38)44)42(34-18-16-28-8-2-4-10-30(28)24-34)35-19-17-29-9-3-5-11-31(29)25-35/h2-25H,26H2,1H3. The molecule has 0 aliphatic heterocycles. The summed E-state index contributed by atoms with van der Waals surface area (Å²) in [6, 6.07) is 43.6. The summed E-state index contributed by atoms with van der Waals surface area (Å²) in [6.07, 6.45) is 7.00. The molecule has 0 fully saturated rings. The van der Waals surface area contributed by atoms with E-state index in [2.05, 4.69) is 121 Å². The topological polar surface area (TPSA) is 37.4 Å². The van der Waals surface area contributed by atoms with Gasteiger partial charge >= 0.3 is 0 Å². The zero-order valence-electron chi connectivity index (χ0n) is 24.3. The molecule has 0 aromatic heterocycles. The molecule has 1 atom stereocenters. The average Bonchev–Trinajstić information content (AvgIpc) is 3.29. The van der Waals surface area contributed by atoms with Crippen LogP contribution in [-0.4, -0.2) is 17.1 Å². The van der Waals surface area contributed by atoms with Gasteiger partial charge in [0.05, 0.1) is 11.1 Å². The smallest absolute Gasteiger partial charge is 0.197 e. The highest BCUT2D eigenvalue weighted by molar-refractivity contribution is 6.41. The lowest BCUT2D eigenvalue weighted by Crippen LogP contribution is -2.45. The van der Waals surface area contributed by atoms with E-state index in [1.54, 1.807) is 30.3 Å². The molecule has 6 aromatic carbocycles. The van der Waals surface area contributed by atoms with Crippen LogP contribution in [0.25, 0.3) is 33.7 Å². The molecular formula is C41H29NO2. The summed E-state index contributed by atoms with van der Waals surface area (Å²) < 4.78 is 0. The van der Waals surface area contributed by atoms with Gasteiger partial charge in [0.2, 0.25) is 0 Å². The number of allylic oxidation sites excluding steroid dienone is 1. The molecule has 6 aromatic rings. The van der Waals surface area contributed by atoms with E-state index in [4.69, 9.17) is 0 Å². The van der Waals surface area contributed by atoms with Gasteiger partial charge in [-0.3, -0.25) is 9.59 Å². The minimum atomic E-state index is -0.350. The van der Waals surface area contributed by atoms with E-state index in [1.807, 2.05) is 6.07 Å². The third kappa shape index (κ3) is 4.28. The molecule has 3 heteroatoms. The predicted molar refractivity (Wildman–Crippen MR) is 181 cm³/mol. The van der Waals surface area contributed by atoms with E-state index >= 15 is 0 Å². The summed E-state index contributed by atoms with van der Waals surface area (Å²) in [4.78, 5) is 28.4. The predicted octanol–water partition coefficient (Wildman–Crippen LogP) is 9.62. The van der Waals surface area contributed by atoms with Crippen LogP contribution in [0.4, 0.5) is 11.4 Å². The summed E-state index contributed by atoms with van der Waals surface area (Å²) in [5.41, 5.74) is 6.29. The second-order valence-corrected chi connectivity index (χ2v) is 12.0. The molecule has 3 nitrogen and oxygen atoms in total. The minimum Gasteiger partial charge on any atom is -0.332 e. The van der Waals surface area contributed by atoms with Crippen LogP contribution in [0.5, 0.6) is 0 Å². The van der Waals surface area contributed by atoms with Crippen molar-refractivity contribution in [2.45, 2.75) is 18.9 Å². The number of hydrogen-bond donors (Lipinski definition) is 0. The second kappa shape index (κ2) is 10.0. The Morgan fingerprint density at radius 2 is 1.16 bits per heavy atom. The maximum atomic E-state index is 13.0. The molecule has 0 radical (unpaired) electrons. The number of benzene rings is 6. The fraction of sp³-hybridized carbons (Fsp3) is 0.0732. The largest absolute Gasteiger partial charge is 0.332 e. The van der Waals surface area contributed by atoms with Crippen molar-refractivity contribution in [1.29, 1.82) is 0 Å². The van der Waals surface area contributed by atoms with Crippen LogP contribution < -0.4 is 4.90 Å². The molecule has 2 aliphatic rings. The van der Waals surface area contributed by atoms with Crippen LogP contribution in [0.2, 0.25) is 0 Å². The normalized spacial score (nSPS) is 17.2. The summed E-state index contributed by atoms with van der Waals surface area (Å²) in [6.45, 7) is 2.29. The molecule has 0 bridgehead atoms. The van der Waals surface area contributed by atoms with Crippen LogP contribution in [0, 0.1) is 0 Å². The van der Waals surface area contributed by atoms with Crippen LogP contribution in [0.1, 0.15) is 44.3 Å². The van der Waals surface area contributed by atoms with E-state index in [0.717, 1.165) is 28.9 Å². The lowest BCUT2D eigenvalue weighted by Gasteiger charge is -2.43. The first-order valence-electron chi connectivity index (χ1n) is 15.0. The Morgan fingerprint density at radius 1 is 0.614 bits per heavy atom. The first-order chi connectivity index (χ1) is 21.5. The van der Waals surface area contributed by atoms with Gasteiger partial charge in [-0.05, 0) is 88.0 Å². The van der Waals surface area contributed by atoms with Crippen molar-refractivity contribution < 1.29 is 9.59 Å². The Hall–Kier alpha value is -5.54. The number of rotatable bonds is 4. The highest BCUT2D eigenvalue weighted by atomic mass is 16.2. The number of hydrogen-bond acceptors (Lipinski definition) is 3. The number of carbonyl (C=O) groups excluding carboxylic acids is 2. The molecule has 0 saturated carbocycles. The van der Waals surface area contributed by atoms with E-state index < -0.39 is 0 Å². The lowest BCUT2D eigenvalue weighted by molar-refractivity contribution is 0.0990. The van der Waals surface area contributed by atoms with E-state index in [1.165, 1.54) is 27.1 Å². The maximum absolute atomic E-state index is 13.0. The molecule has 0 saturated heterocycles. The summed E-state index contributed by atoms with van der Waals surface area (Å²) in [5, 5.41) is 4.84. The molecule has 0 heterocycles. The maximum Gasteiger partial charge on any atom is 0.197 e. The fourth-order valence-electron chi connectivity index (χ4n) is 6.83. The Bertz CT molecular complexity index is 2110. The van der Waals surface area contributed by atoms with Gasteiger partial charge in [-0.1, -0.05) is 109 Å². The SMILES string of the molecule is CC1(N(c2ccc3ccccc3c2)c2ccc3ccccc3c2)C=Cc2cc(C=C3C(=O)c4ccccc4C3=O)ccc2C1.